The molecule has 0 unspecified atom stereocenters. The molecular formula is C13H19N7O. The molecule has 1 amide bonds. The Balaban J connectivity index is 1.72. The highest BCUT2D eigenvalue weighted by Gasteiger charge is 2.19. The molecule has 0 saturated carbocycles. The molecule has 0 atom stereocenters. The molecule has 3 heterocycles. The third kappa shape index (κ3) is 2.94. The predicted molar refractivity (Wildman–Crippen MR) is 79.0 cm³/mol. The van der Waals surface area contributed by atoms with Crippen molar-refractivity contribution in [2.75, 3.05) is 44.7 Å². The fraction of sp³-hybridized carbons (Fsp3) is 0.538. The minimum Gasteiger partial charge on any atom is -0.348 e. The van der Waals surface area contributed by atoms with Crippen LogP contribution in [0.2, 0.25) is 0 Å². The highest BCUT2D eigenvalue weighted by atomic mass is 16.2. The summed E-state index contributed by atoms with van der Waals surface area (Å²) in [7, 11) is 1.86. The predicted octanol–water partition coefficient (Wildman–Crippen LogP) is -0.389. The molecule has 0 radical (unpaired) electrons. The number of imidazole rings is 1. The van der Waals surface area contributed by atoms with Gasteiger partial charge in [-0.2, -0.15) is 0 Å². The van der Waals surface area contributed by atoms with Crippen LogP contribution in [0.1, 0.15) is 6.42 Å². The summed E-state index contributed by atoms with van der Waals surface area (Å²) in [5.41, 5.74) is 1.36. The van der Waals surface area contributed by atoms with E-state index in [1.54, 1.807) is 6.33 Å². The first-order valence-electron chi connectivity index (χ1n) is 7.09. The van der Waals surface area contributed by atoms with Crippen LogP contribution < -0.4 is 10.2 Å². The number of rotatable bonds is 3. The Morgan fingerprint density at radius 3 is 3.14 bits per heavy atom. The van der Waals surface area contributed by atoms with Crippen molar-refractivity contribution < 1.29 is 4.79 Å². The number of fused-ring (bicyclic) bond motifs is 1. The molecule has 0 aromatic carbocycles. The zero-order chi connectivity index (χ0) is 14.7. The summed E-state index contributed by atoms with van der Waals surface area (Å²) in [4.78, 5) is 31.6. The summed E-state index contributed by atoms with van der Waals surface area (Å²) in [5.74, 6) is 0.811. The van der Waals surface area contributed by atoms with Crippen LogP contribution in [0.25, 0.3) is 11.2 Å². The van der Waals surface area contributed by atoms with Gasteiger partial charge in [-0.1, -0.05) is 0 Å². The van der Waals surface area contributed by atoms with Crippen molar-refractivity contribution in [2.24, 2.45) is 0 Å². The number of carbonyl (C=O) groups excluding carboxylic acids is 1. The van der Waals surface area contributed by atoms with Crippen LogP contribution in [0.3, 0.4) is 0 Å². The van der Waals surface area contributed by atoms with E-state index in [-0.39, 0.29) is 5.91 Å². The molecule has 2 N–H and O–H groups in total. The number of H-pyrrole nitrogens is 1. The van der Waals surface area contributed by atoms with E-state index in [1.165, 1.54) is 6.33 Å². The quantitative estimate of drug-likeness (QED) is 0.800. The van der Waals surface area contributed by atoms with E-state index in [9.17, 15) is 4.79 Å². The third-order valence-electron chi connectivity index (χ3n) is 3.63. The van der Waals surface area contributed by atoms with Crippen molar-refractivity contribution in [2.45, 2.75) is 6.42 Å². The molecule has 0 spiro atoms. The molecule has 1 fully saturated rings. The number of hydrogen-bond acceptors (Lipinski definition) is 6. The van der Waals surface area contributed by atoms with Crippen LogP contribution in [-0.4, -0.2) is 70.5 Å². The van der Waals surface area contributed by atoms with Crippen LogP contribution in [0, 0.1) is 0 Å². The molecule has 1 saturated heterocycles. The van der Waals surface area contributed by atoms with Crippen LogP contribution in [-0.2, 0) is 4.79 Å². The molecule has 1 aliphatic rings. The average molecular weight is 289 g/mol. The van der Waals surface area contributed by atoms with Gasteiger partial charge in [-0.3, -0.25) is 4.79 Å². The summed E-state index contributed by atoms with van der Waals surface area (Å²) in [5, 5.41) is 3.30. The zero-order valence-electron chi connectivity index (χ0n) is 12.0. The van der Waals surface area contributed by atoms with Gasteiger partial charge in [-0.15, -0.1) is 0 Å². The van der Waals surface area contributed by atoms with Crippen molar-refractivity contribution in [1.29, 1.82) is 0 Å². The van der Waals surface area contributed by atoms with Gasteiger partial charge >= 0.3 is 0 Å². The number of nitrogens with one attached hydrogen (secondary N) is 2. The first-order valence-corrected chi connectivity index (χ1v) is 7.09. The van der Waals surface area contributed by atoms with E-state index in [0.29, 0.717) is 18.0 Å². The average Bonchev–Trinajstić information content (AvgIpc) is 2.80. The van der Waals surface area contributed by atoms with E-state index < -0.39 is 0 Å². The highest BCUT2D eigenvalue weighted by Crippen LogP contribution is 2.18. The molecule has 21 heavy (non-hydrogen) atoms. The Morgan fingerprint density at radius 2 is 2.24 bits per heavy atom. The lowest BCUT2D eigenvalue weighted by Gasteiger charge is -2.24. The molecule has 8 heteroatoms. The van der Waals surface area contributed by atoms with E-state index in [4.69, 9.17) is 0 Å². The molecule has 2 aromatic rings. The minimum absolute atomic E-state index is 0.118. The van der Waals surface area contributed by atoms with Gasteiger partial charge < -0.3 is 20.1 Å². The maximum Gasteiger partial charge on any atom is 0.242 e. The molecular weight excluding hydrogens is 270 g/mol. The van der Waals surface area contributed by atoms with Gasteiger partial charge in [-0.25, -0.2) is 15.0 Å². The summed E-state index contributed by atoms with van der Waals surface area (Å²) >= 11 is 0. The third-order valence-corrected chi connectivity index (χ3v) is 3.63. The molecule has 8 nitrogen and oxygen atoms in total. The SMILES string of the molecule is CN(CC(=O)N1CCCNCC1)c1ncnc2nc[nH]c12. The molecule has 1 aliphatic heterocycles. The number of amides is 1. The van der Waals surface area contributed by atoms with Gasteiger partial charge in [0.2, 0.25) is 5.91 Å². The molecule has 0 bridgehead atoms. The van der Waals surface area contributed by atoms with E-state index in [2.05, 4.69) is 25.3 Å². The minimum atomic E-state index is 0.118. The lowest BCUT2D eigenvalue weighted by Crippen LogP contribution is -2.41. The number of carbonyl (C=O) groups is 1. The topological polar surface area (TPSA) is 90.0 Å². The number of aromatic nitrogens is 4. The van der Waals surface area contributed by atoms with Crippen LogP contribution in [0.4, 0.5) is 5.82 Å². The Bertz CT molecular complexity index is 618. The standard InChI is InChI=1S/C13H19N7O/c1-19(7-10(21)20-5-2-3-14-4-6-20)13-11-12(16-8-15-11)17-9-18-13/h8-9,14H,2-7H2,1H3,(H,15,16,17,18). The van der Waals surface area contributed by atoms with Gasteiger partial charge in [0, 0.05) is 26.7 Å². The largest absolute Gasteiger partial charge is 0.348 e. The van der Waals surface area contributed by atoms with Crippen LogP contribution in [0.15, 0.2) is 12.7 Å². The first kappa shape index (κ1) is 13.7. The second kappa shape index (κ2) is 6.04. The van der Waals surface area contributed by atoms with E-state index >= 15 is 0 Å². The number of anilines is 1. The molecule has 0 aliphatic carbocycles. The van der Waals surface area contributed by atoms with Crippen molar-refractivity contribution in [3.8, 4) is 0 Å². The van der Waals surface area contributed by atoms with Crippen molar-refractivity contribution in [1.82, 2.24) is 30.2 Å². The maximum atomic E-state index is 12.4. The fourth-order valence-corrected chi connectivity index (χ4v) is 2.51. The van der Waals surface area contributed by atoms with Gasteiger partial charge in [0.05, 0.1) is 12.9 Å². The number of likely N-dealkylation sites (N-methyl/N-ethyl adjacent to an activating group) is 1. The lowest BCUT2D eigenvalue weighted by atomic mass is 10.3. The number of aromatic amines is 1. The smallest absolute Gasteiger partial charge is 0.242 e. The molecule has 112 valence electrons. The van der Waals surface area contributed by atoms with Crippen molar-refractivity contribution in [3.63, 3.8) is 0 Å². The normalized spacial score (nSPS) is 16.0. The second-order valence-corrected chi connectivity index (χ2v) is 5.14. The fourth-order valence-electron chi connectivity index (χ4n) is 2.51. The van der Waals surface area contributed by atoms with Gasteiger partial charge in [0.25, 0.3) is 0 Å². The summed E-state index contributed by atoms with van der Waals surface area (Å²) in [6.07, 6.45) is 4.04. The van der Waals surface area contributed by atoms with Crippen molar-refractivity contribution in [3.05, 3.63) is 12.7 Å². The number of nitrogens with zero attached hydrogens (tertiary/aromatic N) is 5. The van der Waals surface area contributed by atoms with Crippen molar-refractivity contribution >= 4 is 22.9 Å². The Labute approximate surface area is 122 Å². The molecule has 3 rings (SSSR count). The Morgan fingerprint density at radius 1 is 1.33 bits per heavy atom. The van der Waals surface area contributed by atoms with Crippen LogP contribution in [0.5, 0.6) is 0 Å². The summed E-state index contributed by atoms with van der Waals surface area (Å²) < 4.78 is 0. The highest BCUT2D eigenvalue weighted by molar-refractivity contribution is 5.87. The number of hydrogen-bond donors (Lipinski definition) is 2. The Kier molecular flexibility index (Phi) is 3.96. The van der Waals surface area contributed by atoms with Gasteiger partial charge in [0.1, 0.15) is 11.8 Å². The van der Waals surface area contributed by atoms with Gasteiger partial charge in [-0.05, 0) is 13.0 Å². The lowest BCUT2D eigenvalue weighted by molar-refractivity contribution is -0.129. The van der Waals surface area contributed by atoms with Crippen LogP contribution >= 0.6 is 0 Å². The monoisotopic (exact) mass is 289 g/mol. The van der Waals surface area contributed by atoms with E-state index in [1.807, 2.05) is 16.8 Å². The summed E-state index contributed by atoms with van der Waals surface area (Å²) in [6, 6.07) is 0. The molecule has 2 aromatic heterocycles. The Hall–Kier alpha value is -2.22. The maximum absolute atomic E-state index is 12.4. The zero-order valence-corrected chi connectivity index (χ0v) is 12.0. The van der Waals surface area contributed by atoms with E-state index in [0.717, 1.165) is 38.1 Å². The first-order chi connectivity index (χ1) is 10.3. The summed E-state index contributed by atoms with van der Waals surface area (Å²) in [6.45, 7) is 3.69. The van der Waals surface area contributed by atoms with Gasteiger partial charge in [0.15, 0.2) is 11.5 Å². The second-order valence-electron chi connectivity index (χ2n) is 5.14.